The van der Waals surface area contributed by atoms with Crippen molar-refractivity contribution in [2.45, 2.75) is 38.2 Å². The SMILES string of the molecule is NC=NC(=O)COC1C#CCCCCC1. The third-order valence-electron chi connectivity index (χ3n) is 2.16. The second kappa shape index (κ2) is 7.02. The standard InChI is InChI=1S/C11H16N2O2/c12-9-13-11(14)8-15-10-6-4-2-1-3-5-7-10/h9-10H,1-4,6,8H2,(H2,12,13,14). The first kappa shape index (κ1) is 11.7. The lowest BCUT2D eigenvalue weighted by Crippen LogP contribution is -2.17. The maximum atomic E-state index is 11.0. The van der Waals surface area contributed by atoms with Gasteiger partial charge in [0.25, 0.3) is 5.91 Å². The van der Waals surface area contributed by atoms with Gasteiger partial charge in [-0.1, -0.05) is 12.3 Å². The average molecular weight is 208 g/mol. The van der Waals surface area contributed by atoms with Gasteiger partial charge < -0.3 is 10.5 Å². The molecule has 1 aliphatic carbocycles. The Hall–Kier alpha value is -1.34. The normalized spacial score (nSPS) is 21.5. The predicted molar refractivity (Wildman–Crippen MR) is 58.3 cm³/mol. The predicted octanol–water partition coefficient (Wildman–Crippen LogP) is 0.853. The number of amides is 1. The molecular weight excluding hydrogens is 192 g/mol. The van der Waals surface area contributed by atoms with Crippen LogP contribution in [0.2, 0.25) is 0 Å². The summed E-state index contributed by atoms with van der Waals surface area (Å²) >= 11 is 0. The van der Waals surface area contributed by atoms with Crippen LogP contribution in [-0.4, -0.2) is 25.0 Å². The van der Waals surface area contributed by atoms with Gasteiger partial charge in [0.05, 0.1) is 6.34 Å². The molecule has 1 amide bonds. The number of aliphatic imine (C=N–C) groups is 1. The first-order chi connectivity index (χ1) is 7.33. The second-order valence-corrected chi connectivity index (χ2v) is 3.39. The third kappa shape index (κ3) is 5.18. The fourth-order valence-electron chi connectivity index (χ4n) is 1.40. The minimum Gasteiger partial charge on any atom is -0.390 e. The van der Waals surface area contributed by atoms with E-state index in [1.165, 1.54) is 6.42 Å². The molecule has 0 heterocycles. The smallest absolute Gasteiger partial charge is 0.273 e. The molecule has 0 aromatic carbocycles. The van der Waals surface area contributed by atoms with Crippen molar-refractivity contribution in [2.24, 2.45) is 10.7 Å². The van der Waals surface area contributed by atoms with Crippen molar-refractivity contribution in [3.05, 3.63) is 0 Å². The third-order valence-corrected chi connectivity index (χ3v) is 2.16. The number of hydrogen-bond acceptors (Lipinski definition) is 2. The topological polar surface area (TPSA) is 64.7 Å². The Morgan fingerprint density at radius 3 is 3.20 bits per heavy atom. The fourth-order valence-corrected chi connectivity index (χ4v) is 1.40. The van der Waals surface area contributed by atoms with E-state index in [0.717, 1.165) is 32.0 Å². The van der Waals surface area contributed by atoms with Gasteiger partial charge in [-0.2, -0.15) is 0 Å². The first-order valence-corrected chi connectivity index (χ1v) is 5.20. The highest BCUT2D eigenvalue weighted by Gasteiger charge is 2.09. The van der Waals surface area contributed by atoms with Crippen LogP contribution in [-0.2, 0) is 9.53 Å². The van der Waals surface area contributed by atoms with E-state index in [1.807, 2.05) is 0 Å². The van der Waals surface area contributed by atoms with Crippen LogP contribution in [0.25, 0.3) is 0 Å². The minimum absolute atomic E-state index is 0.0347. The van der Waals surface area contributed by atoms with E-state index in [0.29, 0.717) is 0 Å². The Morgan fingerprint density at radius 2 is 2.40 bits per heavy atom. The van der Waals surface area contributed by atoms with E-state index in [2.05, 4.69) is 16.8 Å². The van der Waals surface area contributed by atoms with E-state index in [4.69, 9.17) is 10.5 Å². The van der Waals surface area contributed by atoms with Crippen LogP contribution in [0.15, 0.2) is 4.99 Å². The summed E-state index contributed by atoms with van der Waals surface area (Å²) in [4.78, 5) is 14.4. The van der Waals surface area contributed by atoms with Crippen LogP contribution in [0.1, 0.15) is 32.1 Å². The van der Waals surface area contributed by atoms with Crippen molar-refractivity contribution in [1.29, 1.82) is 0 Å². The number of rotatable bonds is 3. The minimum atomic E-state index is -0.360. The Bertz CT molecular complexity index is 289. The van der Waals surface area contributed by atoms with E-state index in [1.54, 1.807) is 0 Å². The van der Waals surface area contributed by atoms with Gasteiger partial charge in [0, 0.05) is 6.42 Å². The summed E-state index contributed by atoms with van der Waals surface area (Å²) < 4.78 is 5.34. The Labute approximate surface area is 89.9 Å². The molecule has 0 fully saturated rings. The van der Waals surface area contributed by atoms with Crippen molar-refractivity contribution >= 4 is 12.2 Å². The van der Waals surface area contributed by atoms with Crippen LogP contribution < -0.4 is 5.73 Å². The number of carbonyl (C=O) groups is 1. The lowest BCUT2D eigenvalue weighted by molar-refractivity contribution is -0.123. The Morgan fingerprint density at radius 1 is 1.53 bits per heavy atom. The fraction of sp³-hybridized carbons (Fsp3) is 0.636. The van der Waals surface area contributed by atoms with Gasteiger partial charge in [-0.15, -0.1) is 5.92 Å². The molecule has 0 aromatic heterocycles. The van der Waals surface area contributed by atoms with Gasteiger partial charge in [0.15, 0.2) is 0 Å². The summed E-state index contributed by atoms with van der Waals surface area (Å²) in [6.07, 6.45) is 6.13. The lowest BCUT2D eigenvalue weighted by atomic mass is 10.1. The van der Waals surface area contributed by atoms with Crippen molar-refractivity contribution in [3.63, 3.8) is 0 Å². The summed E-state index contributed by atoms with van der Waals surface area (Å²) in [6.45, 7) is -0.0347. The molecule has 1 atom stereocenters. The number of hydrogen-bond donors (Lipinski definition) is 1. The highest BCUT2D eigenvalue weighted by atomic mass is 16.5. The first-order valence-electron chi connectivity index (χ1n) is 5.20. The zero-order valence-corrected chi connectivity index (χ0v) is 8.74. The average Bonchev–Trinajstić information content (AvgIpc) is 2.16. The molecule has 2 N–H and O–H groups in total. The number of nitrogens with two attached hydrogens (primary N) is 1. The molecule has 0 bridgehead atoms. The Balaban J connectivity index is 2.32. The van der Waals surface area contributed by atoms with Crippen molar-refractivity contribution < 1.29 is 9.53 Å². The molecule has 4 heteroatoms. The van der Waals surface area contributed by atoms with Crippen molar-refractivity contribution in [3.8, 4) is 11.8 Å². The number of carbonyl (C=O) groups excluding carboxylic acids is 1. The molecule has 82 valence electrons. The van der Waals surface area contributed by atoms with Gasteiger partial charge in [-0.05, 0) is 19.3 Å². The van der Waals surface area contributed by atoms with Gasteiger partial charge in [-0.3, -0.25) is 4.79 Å². The van der Waals surface area contributed by atoms with Gasteiger partial charge in [-0.25, -0.2) is 4.99 Å². The number of ether oxygens (including phenoxy) is 1. The molecule has 0 radical (unpaired) electrons. The highest BCUT2D eigenvalue weighted by molar-refractivity contribution is 5.84. The number of nitrogens with zero attached hydrogens (tertiary/aromatic N) is 1. The van der Waals surface area contributed by atoms with Gasteiger partial charge >= 0.3 is 0 Å². The van der Waals surface area contributed by atoms with E-state index in [9.17, 15) is 4.79 Å². The monoisotopic (exact) mass is 208 g/mol. The molecule has 0 aliphatic heterocycles. The molecule has 0 aromatic rings. The van der Waals surface area contributed by atoms with Crippen LogP contribution in [0, 0.1) is 11.8 Å². The van der Waals surface area contributed by atoms with Crippen molar-refractivity contribution in [1.82, 2.24) is 0 Å². The van der Waals surface area contributed by atoms with E-state index in [-0.39, 0.29) is 18.6 Å². The maximum absolute atomic E-state index is 11.0. The van der Waals surface area contributed by atoms with Crippen molar-refractivity contribution in [2.75, 3.05) is 6.61 Å². The molecule has 1 rings (SSSR count). The van der Waals surface area contributed by atoms with Crippen LogP contribution in [0.4, 0.5) is 0 Å². The molecule has 0 saturated carbocycles. The molecule has 1 unspecified atom stereocenters. The molecule has 0 saturated heterocycles. The van der Waals surface area contributed by atoms with Crippen LogP contribution in [0.5, 0.6) is 0 Å². The lowest BCUT2D eigenvalue weighted by Gasteiger charge is -2.12. The van der Waals surface area contributed by atoms with Crippen LogP contribution in [0.3, 0.4) is 0 Å². The Kier molecular flexibility index (Phi) is 5.49. The molecule has 1 aliphatic rings. The van der Waals surface area contributed by atoms with Gasteiger partial charge in [0.1, 0.15) is 12.7 Å². The summed E-state index contributed by atoms with van der Waals surface area (Å²) in [7, 11) is 0. The highest BCUT2D eigenvalue weighted by Crippen LogP contribution is 2.10. The van der Waals surface area contributed by atoms with Gasteiger partial charge in [0.2, 0.25) is 0 Å². The quantitative estimate of drug-likeness (QED) is 0.425. The van der Waals surface area contributed by atoms with E-state index >= 15 is 0 Å². The summed E-state index contributed by atoms with van der Waals surface area (Å²) in [5.74, 6) is 5.70. The molecule has 15 heavy (non-hydrogen) atoms. The summed E-state index contributed by atoms with van der Waals surface area (Å²) in [5.41, 5.74) is 4.99. The van der Waals surface area contributed by atoms with Crippen LogP contribution >= 0.6 is 0 Å². The zero-order valence-electron chi connectivity index (χ0n) is 8.74. The summed E-state index contributed by atoms with van der Waals surface area (Å²) in [6, 6.07) is 0. The molecule has 0 spiro atoms. The summed E-state index contributed by atoms with van der Waals surface area (Å²) in [5, 5.41) is 0. The second-order valence-electron chi connectivity index (χ2n) is 3.39. The maximum Gasteiger partial charge on any atom is 0.273 e. The largest absolute Gasteiger partial charge is 0.390 e. The molecular formula is C11H16N2O2. The van der Waals surface area contributed by atoms with E-state index < -0.39 is 0 Å². The zero-order chi connectivity index (χ0) is 10.9. The molecule has 4 nitrogen and oxygen atoms in total.